The second kappa shape index (κ2) is 5.88. The van der Waals surface area contributed by atoms with Gasteiger partial charge in [0, 0.05) is 25.4 Å². The minimum Gasteiger partial charge on any atom is -0.478 e. The number of carboxylic acids is 1. The van der Waals surface area contributed by atoms with Gasteiger partial charge in [-0.1, -0.05) is 12.1 Å². The van der Waals surface area contributed by atoms with Crippen LogP contribution in [-0.2, 0) is 4.79 Å². The number of aromatic carboxylic acids is 1. The first kappa shape index (κ1) is 14.1. The van der Waals surface area contributed by atoms with E-state index >= 15 is 0 Å². The quantitative estimate of drug-likeness (QED) is 0.926. The lowest BCUT2D eigenvalue weighted by Crippen LogP contribution is -2.39. The van der Waals surface area contributed by atoms with Gasteiger partial charge in [0.2, 0.25) is 5.91 Å². The summed E-state index contributed by atoms with van der Waals surface area (Å²) in [5.41, 5.74) is 1.37. The van der Waals surface area contributed by atoms with Gasteiger partial charge in [-0.2, -0.15) is 0 Å². The minimum absolute atomic E-state index is 0.265. The molecule has 4 heteroatoms. The van der Waals surface area contributed by atoms with E-state index in [9.17, 15) is 9.59 Å². The van der Waals surface area contributed by atoms with Crippen molar-refractivity contribution in [3.8, 4) is 0 Å². The van der Waals surface area contributed by atoms with Gasteiger partial charge in [0.15, 0.2) is 0 Å². The number of rotatable bonds is 4. The van der Waals surface area contributed by atoms with Crippen molar-refractivity contribution in [3.63, 3.8) is 0 Å². The van der Waals surface area contributed by atoms with E-state index in [0.717, 1.165) is 31.5 Å². The standard InChI is InChI=1S/C17H21NO3/c19-16(9-12-6-7-12)18-8-2-5-15(11-18)13-3-1-4-14(10-13)17(20)21/h1,3-4,10,12,15H,2,5-9,11H2,(H,20,21). The average Bonchev–Trinajstić information content (AvgIpc) is 3.31. The number of carboxylic acid groups (broad SMARTS) is 1. The van der Waals surface area contributed by atoms with Crippen molar-refractivity contribution in [2.24, 2.45) is 5.92 Å². The van der Waals surface area contributed by atoms with Gasteiger partial charge < -0.3 is 10.0 Å². The van der Waals surface area contributed by atoms with Gasteiger partial charge in [0.1, 0.15) is 0 Å². The topological polar surface area (TPSA) is 57.6 Å². The van der Waals surface area contributed by atoms with Crippen LogP contribution < -0.4 is 0 Å². The smallest absolute Gasteiger partial charge is 0.335 e. The number of benzene rings is 1. The zero-order valence-electron chi connectivity index (χ0n) is 12.1. The Kier molecular flexibility index (Phi) is 3.95. The molecule has 0 radical (unpaired) electrons. The fourth-order valence-electron chi connectivity index (χ4n) is 3.10. The molecule has 1 aromatic rings. The predicted molar refractivity (Wildman–Crippen MR) is 79.3 cm³/mol. The molecule has 0 bridgehead atoms. The highest BCUT2D eigenvalue weighted by Crippen LogP contribution is 2.34. The van der Waals surface area contributed by atoms with Crippen molar-refractivity contribution < 1.29 is 14.7 Å². The molecule has 1 saturated carbocycles. The van der Waals surface area contributed by atoms with Crippen LogP contribution >= 0.6 is 0 Å². The van der Waals surface area contributed by atoms with Crippen molar-refractivity contribution in [2.75, 3.05) is 13.1 Å². The summed E-state index contributed by atoms with van der Waals surface area (Å²) in [6.45, 7) is 1.58. The van der Waals surface area contributed by atoms with Gasteiger partial charge >= 0.3 is 5.97 Å². The molecular formula is C17H21NO3. The Hall–Kier alpha value is -1.84. The molecule has 0 spiro atoms. The Morgan fingerprint density at radius 2 is 2.05 bits per heavy atom. The molecule has 2 fully saturated rings. The van der Waals surface area contributed by atoms with E-state index in [1.165, 1.54) is 12.8 Å². The molecule has 1 saturated heterocycles. The molecule has 3 rings (SSSR count). The fraction of sp³-hybridized carbons (Fsp3) is 0.529. The summed E-state index contributed by atoms with van der Waals surface area (Å²) >= 11 is 0. The molecule has 1 atom stereocenters. The van der Waals surface area contributed by atoms with Gasteiger partial charge in [0.25, 0.3) is 0 Å². The molecule has 4 nitrogen and oxygen atoms in total. The Labute approximate surface area is 124 Å². The lowest BCUT2D eigenvalue weighted by Gasteiger charge is -2.33. The van der Waals surface area contributed by atoms with Gasteiger partial charge in [0.05, 0.1) is 5.56 Å². The zero-order chi connectivity index (χ0) is 14.8. The third-order valence-electron chi connectivity index (χ3n) is 4.54. The second-order valence-electron chi connectivity index (χ2n) is 6.26. The first-order valence-corrected chi connectivity index (χ1v) is 7.74. The number of carbonyl (C=O) groups is 2. The maximum absolute atomic E-state index is 12.2. The normalized spacial score (nSPS) is 22.1. The van der Waals surface area contributed by atoms with E-state index in [1.807, 2.05) is 11.0 Å². The van der Waals surface area contributed by atoms with Crippen molar-refractivity contribution in [1.29, 1.82) is 0 Å². The van der Waals surface area contributed by atoms with Crippen LogP contribution in [-0.4, -0.2) is 35.0 Å². The second-order valence-corrected chi connectivity index (χ2v) is 6.26. The number of nitrogens with zero attached hydrogens (tertiary/aromatic N) is 1. The van der Waals surface area contributed by atoms with Crippen LogP contribution in [0.3, 0.4) is 0 Å². The molecule has 1 amide bonds. The van der Waals surface area contributed by atoms with Crippen LogP contribution in [0.2, 0.25) is 0 Å². The molecule has 1 N–H and O–H groups in total. The Bertz CT molecular complexity index is 551. The Balaban J connectivity index is 1.68. The van der Waals surface area contributed by atoms with E-state index in [0.29, 0.717) is 17.9 Å². The third-order valence-corrected chi connectivity index (χ3v) is 4.54. The summed E-state index contributed by atoms with van der Waals surface area (Å²) in [5, 5.41) is 9.09. The lowest BCUT2D eigenvalue weighted by molar-refractivity contribution is -0.132. The highest BCUT2D eigenvalue weighted by molar-refractivity contribution is 5.87. The number of hydrogen-bond acceptors (Lipinski definition) is 2. The Morgan fingerprint density at radius 1 is 1.24 bits per heavy atom. The number of carbonyl (C=O) groups excluding carboxylic acids is 1. The van der Waals surface area contributed by atoms with Crippen LogP contribution in [0.1, 0.15) is 53.9 Å². The summed E-state index contributed by atoms with van der Waals surface area (Å²) in [5.74, 6) is 0.264. The minimum atomic E-state index is -0.894. The average molecular weight is 287 g/mol. The molecule has 2 aliphatic rings. The van der Waals surface area contributed by atoms with Gasteiger partial charge in [-0.05, 0) is 49.3 Å². The molecular weight excluding hydrogens is 266 g/mol. The fourth-order valence-corrected chi connectivity index (χ4v) is 3.10. The van der Waals surface area contributed by atoms with Crippen LogP contribution in [0.4, 0.5) is 0 Å². The van der Waals surface area contributed by atoms with E-state index in [-0.39, 0.29) is 11.8 Å². The van der Waals surface area contributed by atoms with Crippen LogP contribution in [0.25, 0.3) is 0 Å². The summed E-state index contributed by atoms with van der Waals surface area (Å²) in [4.78, 5) is 25.3. The largest absolute Gasteiger partial charge is 0.478 e. The molecule has 0 aromatic heterocycles. The van der Waals surface area contributed by atoms with Gasteiger partial charge in [-0.25, -0.2) is 4.79 Å². The summed E-state index contributed by atoms with van der Waals surface area (Å²) < 4.78 is 0. The maximum Gasteiger partial charge on any atom is 0.335 e. The number of hydrogen-bond donors (Lipinski definition) is 1. The molecule has 1 aromatic carbocycles. The first-order chi connectivity index (χ1) is 10.1. The number of piperidine rings is 1. The first-order valence-electron chi connectivity index (χ1n) is 7.74. The molecule has 1 aliphatic heterocycles. The maximum atomic E-state index is 12.2. The number of amides is 1. The molecule has 21 heavy (non-hydrogen) atoms. The van der Waals surface area contributed by atoms with Crippen LogP contribution in [0, 0.1) is 5.92 Å². The van der Waals surface area contributed by atoms with Crippen LogP contribution in [0.15, 0.2) is 24.3 Å². The monoisotopic (exact) mass is 287 g/mol. The van der Waals surface area contributed by atoms with E-state index in [4.69, 9.17) is 5.11 Å². The van der Waals surface area contributed by atoms with E-state index in [2.05, 4.69) is 0 Å². The Morgan fingerprint density at radius 3 is 2.76 bits per heavy atom. The lowest BCUT2D eigenvalue weighted by atomic mass is 9.89. The van der Waals surface area contributed by atoms with Crippen molar-refractivity contribution >= 4 is 11.9 Å². The molecule has 112 valence electrons. The SMILES string of the molecule is O=C(O)c1cccc(C2CCCN(C(=O)CC3CC3)C2)c1. The van der Waals surface area contributed by atoms with Gasteiger partial charge in [-0.15, -0.1) is 0 Å². The number of likely N-dealkylation sites (tertiary alicyclic amines) is 1. The molecule has 1 unspecified atom stereocenters. The highest BCUT2D eigenvalue weighted by Gasteiger charge is 2.30. The third kappa shape index (κ3) is 3.43. The van der Waals surface area contributed by atoms with Gasteiger partial charge in [-0.3, -0.25) is 4.79 Å². The van der Waals surface area contributed by atoms with Crippen molar-refractivity contribution in [2.45, 2.75) is 38.0 Å². The summed E-state index contributed by atoms with van der Waals surface area (Å²) in [6.07, 6.45) is 5.11. The summed E-state index contributed by atoms with van der Waals surface area (Å²) in [6, 6.07) is 7.14. The summed E-state index contributed by atoms with van der Waals surface area (Å²) in [7, 11) is 0. The molecule has 1 aliphatic carbocycles. The highest BCUT2D eigenvalue weighted by atomic mass is 16.4. The van der Waals surface area contributed by atoms with E-state index in [1.54, 1.807) is 18.2 Å². The van der Waals surface area contributed by atoms with Crippen molar-refractivity contribution in [1.82, 2.24) is 4.90 Å². The predicted octanol–water partition coefficient (Wildman–Crippen LogP) is 2.89. The zero-order valence-corrected chi connectivity index (χ0v) is 12.1. The van der Waals surface area contributed by atoms with E-state index < -0.39 is 5.97 Å². The van der Waals surface area contributed by atoms with Crippen LogP contribution in [0.5, 0.6) is 0 Å². The molecule has 1 heterocycles. The van der Waals surface area contributed by atoms with Crippen molar-refractivity contribution in [3.05, 3.63) is 35.4 Å².